The molecule has 1 atom stereocenters. The summed E-state index contributed by atoms with van der Waals surface area (Å²) < 4.78 is 0. The lowest BCUT2D eigenvalue weighted by Gasteiger charge is -2.35. The first-order chi connectivity index (χ1) is 10.6. The minimum Gasteiger partial charge on any atom is -0.335 e. The number of carbonyl (C=O) groups excluding carboxylic acids is 3. The van der Waals surface area contributed by atoms with Crippen LogP contribution in [0.5, 0.6) is 0 Å². The van der Waals surface area contributed by atoms with E-state index in [0.717, 1.165) is 19.4 Å². The van der Waals surface area contributed by atoms with Gasteiger partial charge in [0.1, 0.15) is 0 Å². The van der Waals surface area contributed by atoms with Crippen molar-refractivity contribution in [2.45, 2.75) is 45.1 Å². The highest BCUT2D eigenvalue weighted by Crippen LogP contribution is 2.35. The van der Waals surface area contributed by atoms with Crippen LogP contribution < -0.4 is 0 Å². The van der Waals surface area contributed by atoms with Crippen molar-refractivity contribution in [3.8, 4) is 0 Å². The molecule has 3 rings (SSSR count). The second-order valence-corrected chi connectivity index (χ2v) is 6.75. The molecule has 1 aromatic heterocycles. The lowest BCUT2D eigenvalue weighted by atomic mass is 9.97. The van der Waals surface area contributed by atoms with E-state index in [9.17, 15) is 14.4 Å². The predicted octanol–water partition coefficient (Wildman–Crippen LogP) is 2.12. The van der Waals surface area contributed by atoms with Gasteiger partial charge in [-0.05, 0) is 29.9 Å². The Labute approximate surface area is 133 Å². The third-order valence-electron chi connectivity index (χ3n) is 4.51. The average Bonchev–Trinajstić information content (AvgIpc) is 3.11. The van der Waals surface area contributed by atoms with Gasteiger partial charge in [-0.1, -0.05) is 6.92 Å². The van der Waals surface area contributed by atoms with Crippen molar-refractivity contribution in [2.24, 2.45) is 0 Å². The Morgan fingerprint density at radius 1 is 1.27 bits per heavy atom. The Morgan fingerprint density at radius 3 is 2.68 bits per heavy atom. The third-order valence-corrected chi connectivity index (χ3v) is 5.50. The lowest BCUT2D eigenvalue weighted by molar-refractivity contribution is -0.140. The smallest absolute Gasteiger partial charge is 0.229 e. The molecule has 0 aromatic carbocycles. The Kier molecular flexibility index (Phi) is 4.29. The molecule has 118 valence electrons. The van der Waals surface area contributed by atoms with Crippen LogP contribution in [-0.2, 0) is 20.8 Å². The molecule has 2 aliphatic heterocycles. The third kappa shape index (κ3) is 2.67. The molecule has 22 heavy (non-hydrogen) atoms. The molecule has 1 aromatic rings. The topological polar surface area (TPSA) is 57.7 Å². The second-order valence-electron chi connectivity index (χ2n) is 5.75. The molecule has 0 saturated carbocycles. The number of thiophene rings is 1. The maximum Gasteiger partial charge on any atom is 0.229 e. The second kappa shape index (κ2) is 6.20. The molecule has 6 heteroatoms. The molecule has 3 heterocycles. The minimum absolute atomic E-state index is 0.0381. The molecular weight excluding hydrogens is 300 g/mol. The number of carbonyl (C=O) groups is 3. The van der Waals surface area contributed by atoms with Gasteiger partial charge in [0.2, 0.25) is 17.7 Å². The largest absolute Gasteiger partial charge is 0.335 e. The monoisotopic (exact) mass is 320 g/mol. The number of hydrogen-bond donors (Lipinski definition) is 0. The van der Waals surface area contributed by atoms with Gasteiger partial charge < -0.3 is 4.90 Å². The Bertz CT molecular complexity index is 594. The van der Waals surface area contributed by atoms with Gasteiger partial charge in [0, 0.05) is 37.2 Å². The highest BCUT2D eigenvalue weighted by Gasteiger charge is 2.32. The Balaban J connectivity index is 1.65. The summed E-state index contributed by atoms with van der Waals surface area (Å²) in [4.78, 5) is 40.3. The molecule has 0 spiro atoms. The fourth-order valence-corrected chi connectivity index (χ4v) is 4.29. The molecule has 0 aliphatic carbocycles. The maximum absolute atomic E-state index is 12.5. The summed E-state index contributed by atoms with van der Waals surface area (Å²) >= 11 is 1.76. The van der Waals surface area contributed by atoms with E-state index in [4.69, 9.17) is 0 Å². The lowest BCUT2D eigenvalue weighted by Crippen LogP contribution is -2.41. The van der Waals surface area contributed by atoms with Crippen molar-refractivity contribution >= 4 is 29.1 Å². The number of hydrogen-bond acceptors (Lipinski definition) is 4. The first-order valence-electron chi connectivity index (χ1n) is 7.80. The van der Waals surface area contributed by atoms with E-state index in [0.29, 0.717) is 0 Å². The van der Waals surface area contributed by atoms with Crippen molar-refractivity contribution in [1.29, 1.82) is 0 Å². The highest BCUT2D eigenvalue weighted by molar-refractivity contribution is 7.10. The number of nitrogens with zero attached hydrogens (tertiary/aromatic N) is 2. The molecule has 2 aliphatic rings. The van der Waals surface area contributed by atoms with E-state index >= 15 is 0 Å². The highest BCUT2D eigenvalue weighted by atomic mass is 32.1. The zero-order chi connectivity index (χ0) is 15.7. The molecule has 0 radical (unpaired) electrons. The maximum atomic E-state index is 12.5. The summed E-state index contributed by atoms with van der Waals surface area (Å²) in [6.45, 7) is 3.04. The number of rotatable bonds is 4. The van der Waals surface area contributed by atoms with Crippen LogP contribution >= 0.6 is 11.3 Å². The molecule has 1 saturated heterocycles. The first-order valence-corrected chi connectivity index (χ1v) is 8.68. The zero-order valence-corrected chi connectivity index (χ0v) is 13.5. The molecule has 0 bridgehead atoms. The Hall–Kier alpha value is -1.69. The van der Waals surface area contributed by atoms with Gasteiger partial charge in [-0.2, -0.15) is 0 Å². The number of fused-ring (bicyclic) bond motifs is 1. The van der Waals surface area contributed by atoms with Gasteiger partial charge >= 0.3 is 0 Å². The molecule has 5 nitrogen and oxygen atoms in total. The SMILES string of the molecule is CCC1c2ccsc2CCN1C(=O)CCN1C(=O)CCC1=O. The van der Waals surface area contributed by atoms with E-state index in [2.05, 4.69) is 18.4 Å². The van der Waals surface area contributed by atoms with Crippen molar-refractivity contribution in [3.05, 3.63) is 21.9 Å². The number of imide groups is 1. The first kappa shape index (κ1) is 15.2. The van der Waals surface area contributed by atoms with Gasteiger partial charge in [-0.15, -0.1) is 11.3 Å². The number of likely N-dealkylation sites (tertiary alicyclic amines) is 1. The van der Waals surface area contributed by atoms with Gasteiger partial charge in [0.25, 0.3) is 0 Å². The fourth-order valence-electron chi connectivity index (χ4n) is 3.36. The van der Waals surface area contributed by atoms with Gasteiger partial charge in [0.05, 0.1) is 6.04 Å². The van der Waals surface area contributed by atoms with Crippen LogP contribution in [0.25, 0.3) is 0 Å². The fraction of sp³-hybridized carbons (Fsp3) is 0.562. The van der Waals surface area contributed by atoms with Crippen LogP contribution in [0.15, 0.2) is 11.4 Å². The van der Waals surface area contributed by atoms with Crippen molar-refractivity contribution in [2.75, 3.05) is 13.1 Å². The van der Waals surface area contributed by atoms with Crippen molar-refractivity contribution in [1.82, 2.24) is 9.80 Å². The molecular formula is C16H20N2O3S. The average molecular weight is 320 g/mol. The van der Waals surface area contributed by atoms with Crippen LogP contribution in [0.3, 0.4) is 0 Å². The van der Waals surface area contributed by atoms with Crippen molar-refractivity contribution < 1.29 is 14.4 Å². The summed E-state index contributed by atoms with van der Waals surface area (Å²) in [6.07, 6.45) is 2.58. The van der Waals surface area contributed by atoms with Crippen LogP contribution in [0.4, 0.5) is 0 Å². The summed E-state index contributed by atoms with van der Waals surface area (Å²) in [6, 6.07) is 2.24. The van der Waals surface area contributed by atoms with Crippen LogP contribution in [0, 0.1) is 0 Å². The molecule has 1 fully saturated rings. The zero-order valence-electron chi connectivity index (χ0n) is 12.7. The van der Waals surface area contributed by atoms with E-state index < -0.39 is 0 Å². The number of amides is 3. The van der Waals surface area contributed by atoms with Crippen LogP contribution in [0.1, 0.15) is 49.1 Å². The standard InChI is InChI=1S/C16H20N2O3S/c1-2-12-11-7-10-22-13(11)5-8-17(12)16(21)6-9-18-14(19)3-4-15(18)20/h7,10,12H,2-6,8-9H2,1H3. The molecule has 0 N–H and O–H groups in total. The quantitative estimate of drug-likeness (QED) is 0.799. The normalized spacial score (nSPS) is 21.4. The summed E-state index contributed by atoms with van der Waals surface area (Å²) in [7, 11) is 0. The van der Waals surface area contributed by atoms with E-state index in [-0.39, 0.29) is 49.6 Å². The molecule has 3 amide bonds. The summed E-state index contributed by atoms with van der Waals surface area (Å²) in [5, 5.41) is 2.09. The van der Waals surface area contributed by atoms with Gasteiger partial charge in [0.15, 0.2) is 0 Å². The summed E-state index contributed by atoms with van der Waals surface area (Å²) in [5.41, 5.74) is 1.26. The van der Waals surface area contributed by atoms with Gasteiger partial charge in [-0.25, -0.2) is 0 Å². The van der Waals surface area contributed by atoms with Crippen molar-refractivity contribution in [3.63, 3.8) is 0 Å². The molecule has 1 unspecified atom stereocenters. The van der Waals surface area contributed by atoms with E-state index in [1.54, 1.807) is 11.3 Å². The van der Waals surface area contributed by atoms with E-state index in [1.165, 1.54) is 15.3 Å². The van der Waals surface area contributed by atoms with E-state index in [1.807, 2.05) is 4.90 Å². The Morgan fingerprint density at radius 2 is 2.00 bits per heavy atom. The predicted molar refractivity (Wildman–Crippen MR) is 83.3 cm³/mol. The minimum atomic E-state index is -0.149. The summed E-state index contributed by atoms with van der Waals surface area (Å²) in [5.74, 6) is -0.261. The van der Waals surface area contributed by atoms with Gasteiger partial charge in [-0.3, -0.25) is 19.3 Å². The van der Waals surface area contributed by atoms with Crippen LogP contribution in [-0.4, -0.2) is 40.6 Å². The van der Waals surface area contributed by atoms with Crippen LogP contribution in [0.2, 0.25) is 0 Å².